The molecule has 1 amide bonds. The summed E-state index contributed by atoms with van der Waals surface area (Å²) in [5.74, 6) is -0.424. The fraction of sp³-hybridized carbons (Fsp3) is 0.316. The van der Waals surface area contributed by atoms with Gasteiger partial charge in [0.15, 0.2) is 11.6 Å². The molecule has 1 heterocycles. The molecule has 0 spiro atoms. The van der Waals surface area contributed by atoms with E-state index in [0.29, 0.717) is 18.7 Å². The van der Waals surface area contributed by atoms with Crippen LogP contribution in [0.4, 0.5) is 23.0 Å². The second-order valence-electron chi connectivity index (χ2n) is 6.33. The summed E-state index contributed by atoms with van der Waals surface area (Å²) in [6.07, 6.45) is 2.10. The summed E-state index contributed by atoms with van der Waals surface area (Å²) < 4.78 is 5.10. The number of nitrogens with zero attached hydrogens (tertiary/aromatic N) is 3. The van der Waals surface area contributed by atoms with Crippen LogP contribution in [0.25, 0.3) is 0 Å². The van der Waals surface area contributed by atoms with Crippen molar-refractivity contribution in [1.82, 2.24) is 4.98 Å². The Morgan fingerprint density at radius 1 is 1.07 bits per heavy atom. The fourth-order valence-corrected chi connectivity index (χ4v) is 2.38. The number of ether oxygens (including phenoxy) is 1. The Morgan fingerprint density at radius 2 is 1.80 bits per heavy atom. The molecule has 1 aromatic carbocycles. The summed E-state index contributed by atoms with van der Waals surface area (Å²) >= 11 is 0. The van der Waals surface area contributed by atoms with Crippen LogP contribution in [0.2, 0.25) is 0 Å². The van der Waals surface area contributed by atoms with Gasteiger partial charge < -0.3 is 33.0 Å². The van der Waals surface area contributed by atoms with Gasteiger partial charge in [-0.25, -0.2) is 4.98 Å². The number of carbonyl (C=O) groups excluding carboxylic acids is 2. The molecule has 0 saturated heterocycles. The van der Waals surface area contributed by atoms with Crippen LogP contribution in [0.15, 0.2) is 46.6 Å². The lowest BCUT2D eigenvalue weighted by atomic mass is 10.1. The van der Waals surface area contributed by atoms with E-state index >= 15 is 0 Å². The van der Waals surface area contributed by atoms with Crippen molar-refractivity contribution in [2.24, 2.45) is 27.4 Å². The second kappa shape index (κ2) is 11.6. The van der Waals surface area contributed by atoms with E-state index in [1.165, 1.54) is 6.07 Å². The van der Waals surface area contributed by atoms with Crippen LogP contribution in [0, 0.1) is 0 Å². The number of nitrogens with two attached hydrogens (primary N) is 4. The summed E-state index contributed by atoms with van der Waals surface area (Å²) in [5, 5.41) is 10.7. The zero-order chi connectivity index (χ0) is 21.9. The highest BCUT2D eigenvalue weighted by molar-refractivity contribution is 5.94. The van der Waals surface area contributed by atoms with Crippen molar-refractivity contribution in [2.45, 2.75) is 25.3 Å². The van der Waals surface area contributed by atoms with Gasteiger partial charge in [0.25, 0.3) is 0 Å². The molecule has 0 radical (unpaired) electrons. The lowest BCUT2D eigenvalue weighted by Crippen LogP contribution is -2.35. The number of amides is 1. The zero-order valence-electron chi connectivity index (χ0n) is 16.5. The maximum absolute atomic E-state index is 12.1. The van der Waals surface area contributed by atoms with Gasteiger partial charge in [0.05, 0.1) is 12.6 Å². The topological polar surface area (TPSA) is 197 Å². The van der Waals surface area contributed by atoms with Crippen molar-refractivity contribution in [1.29, 1.82) is 0 Å². The Balaban J connectivity index is 2.06. The number of rotatable bonds is 10. The van der Waals surface area contributed by atoms with Gasteiger partial charge in [-0.3, -0.25) is 9.59 Å². The number of hydrogen-bond donors (Lipinski definition) is 5. The van der Waals surface area contributed by atoms with Crippen LogP contribution in [-0.2, 0) is 9.59 Å². The molecule has 1 aromatic heterocycles. The Hall–Kier alpha value is -3.41. The minimum Gasteiger partial charge on any atom is -0.423 e. The van der Waals surface area contributed by atoms with E-state index in [9.17, 15) is 9.59 Å². The predicted molar refractivity (Wildman–Crippen MR) is 113 cm³/mol. The first kappa shape index (κ1) is 22.9. The summed E-state index contributed by atoms with van der Waals surface area (Å²) in [4.78, 5) is 27.6. The molecule has 9 N–H and O–H groups in total. The Morgan fingerprint density at radius 3 is 2.50 bits per heavy atom. The minimum absolute atomic E-state index is 0.0599. The number of unbranched alkanes of at least 4 members (excludes halogenated alkanes) is 1. The predicted octanol–water partition coefficient (Wildman–Crippen LogP) is 1.34. The smallest absolute Gasteiger partial charge is 0.325 e. The first-order valence-electron chi connectivity index (χ1n) is 9.39. The van der Waals surface area contributed by atoms with Crippen LogP contribution in [0.3, 0.4) is 0 Å². The monoisotopic (exact) mass is 414 g/mol. The molecule has 0 saturated carbocycles. The van der Waals surface area contributed by atoms with E-state index in [0.717, 1.165) is 12.8 Å². The molecule has 11 nitrogen and oxygen atoms in total. The summed E-state index contributed by atoms with van der Waals surface area (Å²) in [6, 6.07) is 9.01. The Bertz CT molecular complexity index is 903. The van der Waals surface area contributed by atoms with Gasteiger partial charge in [-0.15, -0.1) is 10.2 Å². The molecule has 160 valence electrons. The van der Waals surface area contributed by atoms with E-state index in [2.05, 4.69) is 20.5 Å². The molecule has 11 heteroatoms. The minimum atomic E-state index is -0.660. The van der Waals surface area contributed by atoms with Gasteiger partial charge in [0, 0.05) is 0 Å². The second-order valence-corrected chi connectivity index (χ2v) is 6.33. The van der Waals surface area contributed by atoms with Crippen molar-refractivity contribution < 1.29 is 14.3 Å². The summed E-state index contributed by atoms with van der Waals surface area (Å²) in [5.41, 5.74) is 23.1. The molecule has 0 fully saturated rings. The highest BCUT2D eigenvalue weighted by Crippen LogP contribution is 2.30. The number of benzene rings is 1. The maximum Gasteiger partial charge on any atom is 0.325 e. The van der Waals surface area contributed by atoms with Gasteiger partial charge in [0.2, 0.25) is 5.91 Å². The molecule has 0 unspecified atom stereocenters. The molecule has 0 aliphatic carbocycles. The Kier molecular flexibility index (Phi) is 8.81. The van der Waals surface area contributed by atoms with Crippen LogP contribution < -0.4 is 33.0 Å². The molecule has 2 rings (SSSR count). The van der Waals surface area contributed by atoms with Gasteiger partial charge >= 0.3 is 5.97 Å². The van der Waals surface area contributed by atoms with Crippen molar-refractivity contribution in [3.63, 3.8) is 0 Å². The molecule has 1 atom stereocenters. The number of hydrogen-bond acceptors (Lipinski definition) is 10. The number of nitrogens with one attached hydrogen (secondary N) is 1. The number of azo groups is 1. The number of para-hydroxylation sites is 1. The van der Waals surface area contributed by atoms with Gasteiger partial charge in [-0.2, -0.15) is 0 Å². The van der Waals surface area contributed by atoms with Crippen LogP contribution in [0.5, 0.6) is 5.75 Å². The van der Waals surface area contributed by atoms with Crippen LogP contribution in [-0.4, -0.2) is 36.0 Å². The third-order valence-corrected chi connectivity index (χ3v) is 3.98. The van der Waals surface area contributed by atoms with Crippen molar-refractivity contribution in [3.05, 3.63) is 36.4 Å². The van der Waals surface area contributed by atoms with Gasteiger partial charge in [-0.05, 0) is 43.7 Å². The number of esters is 1. The van der Waals surface area contributed by atoms with Crippen molar-refractivity contribution in [2.75, 3.05) is 24.1 Å². The molecular formula is C19H26N8O3. The normalized spacial score (nSPS) is 12.0. The highest BCUT2D eigenvalue weighted by atomic mass is 16.5. The molecular weight excluding hydrogens is 388 g/mol. The average Bonchev–Trinajstić information content (AvgIpc) is 2.74. The van der Waals surface area contributed by atoms with Crippen molar-refractivity contribution in [3.8, 4) is 5.75 Å². The van der Waals surface area contributed by atoms with Crippen LogP contribution in [0.1, 0.15) is 19.3 Å². The van der Waals surface area contributed by atoms with Gasteiger partial charge in [-0.1, -0.05) is 18.6 Å². The average molecular weight is 414 g/mol. The zero-order valence-corrected chi connectivity index (χ0v) is 16.5. The van der Waals surface area contributed by atoms with Crippen molar-refractivity contribution >= 4 is 34.9 Å². The highest BCUT2D eigenvalue weighted by Gasteiger charge is 2.14. The van der Waals surface area contributed by atoms with E-state index in [1.54, 1.807) is 30.3 Å². The van der Waals surface area contributed by atoms with E-state index < -0.39 is 12.0 Å². The largest absolute Gasteiger partial charge is 0.423 e. The van der Waals surface area contributed by atoms with E-state index in [4.69, 9.17) is 27.7 Å². The quantitative estimate of drug-likeness (QED) is 0.166. The SMILES string of the molecule is NCCCC[C@H](N)C(=O)Nc1ccc(/N=N/c2ccccc2OC(=O)CN)c(N)n1. The molecule has 30 heavy (non-hydrogen) atoms. The summed E-state index contributed by atoms with van der Waals surface area (Å²) in [6.45, 7) is 0.300. The number of nitrogen functional groups attached to an aromatic ring is 1. The fourth-order valence-electron chi connectivity index (χ4n) is 2.38. The van der Waals surface area contributed by atoms with E-state index in [-0.39, 0.29) is 35.5 Å². The first-order valence-corrected chi connectivity index (χ1v) is 9.39. The lowest BCUT2D eigenvalue weighted by Gasteiger charge is -2.12. The number of carbonyl (C=O) groups is 2. The first-order chi connectivity index (χ1) is 14.4. The lowest BCUT2D eigenvalue weighted by molar-refractivity contribution is -0.132. The Labute approximate surface area is 173 Å². The molecule has 2 aromatic rings. The van der Waals surface area contributed by atoms with Gasteiger partial charge in [0.1, 0.15) is 17.2 Å². The summed E-state index contributed by atoms with van der Waals surface area (Å²) in [7, 11) is 0. The third kappa shape index (κ3) is 6.88. The van der Waals surface area contributed by atoms with Crippen LogP contribution >= 0.6 is 0 Å². The third-order valence-electron chi connectivity index (χ3n) is 3.98. The molecule has 0 aliphatic rings. The standard InChI is InChI=1S/C19H26N8O3/c20-10-4-3-5-12(22)19(29)25-16-9-8-14(18(23)24-16)27-26-13-6-1-2-7-15(13)30-17(28)11-21/h1-2,6-9,12H,3-5,10-11,20-22H2,(H3,23,24,25,29)/b27-26+/t12-/m0/s1. The molecule has 0 bridgehead atoms. The number of pyridine rings is 1. The van der Waals surface area contributed by atoms with E-state index in [1.807, 2.05) is 0 Å². The number of anilines is 2. The maximum atomic E-state index is 12.1. The number of aromatic nitrogens is 1. The molecule has 0 aliphatic heterocycles.